The van der Waals surface area contributed by atoms with E-state index in [1.165, 1.54) is 0 Å². The van der Waals surface area contributed by atoms with Crippen LogP contribution in [0.25, 0.3) is 0 Å². The van der Waals surface area contributed by atoms with Crippen LogP contribution < -0.4 is 5.32 Å². The minimum atomic E-state index is -4.09. The summed E-state index contributed by atoms with van der Waals surface area (Å²) < 4.78 is 38.5. The van der Waals surface area contributed by atoms with Gasteiger partial charge in [-0.25, -0.2) is 0 Å². The maximum atomic E-state index is 12.8. The molecule has 1 aliphatic carbocycles. The van der Waals surface area contributed by atoms with E-state index in [0.717, 1.165) is 32.1 Å². The van der Waals surface area contributed by atoms with Crippen molar-refractivity contribution < 1.29 is 13.2 Å². The molecule has 1 heterocycles. The van der Waals surface area contributed by atoms with E-state index in [1.54, 1.807) is 4.90 Å². The van der Waals surface area contributed by atoms with Gasteiger partial charge in [-0.2, -0.15) is 13.2 Å². The normalized spacial score (nSPS) is 29.1. The van der Waals surface area contributed by atoms with Crippen LogP contribution in [0.4, 0.5) is 13.2 Å². The van der Waals surface area contributed by atoms with Gasteiger partial charge in [0.15, 0.2) is 0 Å². The molecule has 0 aromatic heterocycles. The highest BCUT2D eigenvalue weighted by molar-refractivity contribution is 5.01. The summed E-state index contributed by atoms with van der Waals surface area (Å²) in [7, 11) is 0. The summed E-state index contributed by atoms with van der Waals surface area (Å²) in [6.07, 6.45) is 0.991. The molecule has 1 saturated carbocycles. The molecule has 19 heavy (non-hydrogen) atoms. The van der Waals surface area contributed by atoms with E-state index < -0.39 is 12.7 Å². The number of rotatable bonds is 2. The molecule has 1 spiro atoms. The van der Waals surface area contributed by atoms with E-state index in [9.17, 15) is 13.2 Å². The molecule has 0 radical (unpaired) electrons. The summed E-state index contributed by atoms with van der Waals surface area (Å²) in [5.74, 6) is 0.372. The highest BCUT2D eigenvalue weighted by atomic mass is 19.4. The van der Waals surface area contributed by atoms with Crippen LogP contribution in [0.3, 0.4) is 0 Å². The molecule has 1 unspecified atom stereocenters. The minimum Gasteiger partial charge on any atom is -0.311 e. The van der Waals surface area contributed by atoms with Crippen LogP contribution in [0, 0.1) is 5.92 Å². The Morgan fingerprint density at radius 3 is 2.37 bits per heavy atom. The Balaban J connectivity index is 2.12. The maximum Gasteiger partial charge on any atom is 0.401 e. The van der Waals surface area contributed by atoms with E-state index in [4.69, 9.17) is 0 Å². The van der Waals surface area contributed by atoms with Crippen molar-refractivity contribution in [1.29, 1.82) is 0 Å². The Morgan fingerprint density at radius 1 is 1.21 bits per heavy atom. The van der Waals surface area contributed by atoms with Crippen molar-refractivity contribution in [2.24, 2.45) is 5.92 Å². The highest BCUT2D eigenvalue weighted by Gasteiger charge is 2.46. The summed E-state index contributed by atoms with van der Waals surface area (Å²) in [6.45, 7) is 4.63. The number of hydrogen-bond acceptors (Lipinski definition) is 2. The van der Waals surface area contributed by atoms with E-state index in [2.05, 4.69) is 19.2 Å². The molecule has 1 saturated heterocycles. The molecular weight excluding hydrogens is 253 g/mol. The first-order valence-electron chi connectivity index (χ1n) is 7.38. The number of hydrogen-bond donors (Lipinski definition) is 1. The number of alkyl halides is 3. The average Bonchev–Trinajstić information content (AvgIpc) is 2.31. The van der Waals surface area contributed by atoms with Gasteiger partial charge in [0.25, 0.3) is 0 Å². The van der Waals surface area contributed by atoms with Crippen molar-refractivity contribution in [2.75, 3.05) is 19.6 Å². The monoisotopic (exact) mass is 278 g/mol. The predicted molar refractivity (Wildman–Crippen MR) is 70.1 cm³/mol. The van der Waals surface area contributed by atoms with Gasteiger partial charge in [-0.05, 0) is 18.8 Å². The maximum absolute atomic E-state index is 12.8. The van der Waals surface area contributed by atoms with Crippen molar-refractivity contribution in [2.45, 2.75) is 63.7 Å². The molecular formula is C14H25F3N2. The molecule has 1 atom stereocenters. The van der Waals surface area contributed by atoms with Crippen molar-refractivity contribution in [3.05, 3.63) is 0 Å². The van der Waals surface area contributed by atoms with Crippen molar-refractivity contribution in [3.63, 3.8) is 0 Å². The third kappa shape index (κ3) is 3.63. The summed E-state index contributed by atoms with van der Waals surface area (Å²) in [5, 5.41) is 3.49. The smallest absolute Gasteiger partial charge is 0.311 e. The zero-order valence-electron chi connectivity index (χ0n) is 11.9. The Hall–Kier alpha value is -0.290. The van der Waals surface area contributed by atoms with Crippen molar-refractivity contribution >= 4 is 0 Å². The van der Waals surface area contributed by atoms with Crippen LogP contribution in [0.5, 0.6) is 0 Å². The quantitative estimate of drug-likeness (QED) is 0.834. The van der Waals surface area contributed by atoms with Crippen molar-refractivity contribution in [3.8, 4) is 0 Å². The number of piperazine rings is 1. The molecule has 1 N–H and O–H groups in total. The summed E-state index contributed by atoms with van der Waals surface area (Å²) in [5.41, 5.74) is -0.251. The Morgan fingerprint density at radius 2 is 1.84 bits per heavy atom. The average molecular weight is 278 g/mol. The van der Waals surface area contributed by atoms with Crippen LogP contribution in [-0.4, -0.2) is 42.3 Å². The van der Waals surface area contributed by atoms with Crippen LogP contribution >= 0.6 is 0 Å². The topological polar surface area (TPSA) is 15.3 Å². The van der Waals surface area contributed by atoms with Gasteiger partial charge in [-0.1, -0.05) is 33.1 Å². The molecule has 2 nitrogen and oxygen atoms in total. The molecule has 2 fully saturated rings. The highest BCUT2D eigenvalue weighted by Crippen LogP contribution is 2.37. The lowest BCUT2D eigenvalue weighted by molar-refractivity contribution is -0.168. The summed E-state index contributed by atoms with van der Waals surface area (Å²) >= 11 is 0. The third-order valence-electron chi connectivity index (χ3n) is 4.74. The van der Waals surface area contributed by atoms with E-state index in [-0.39, 0.29) is 11.6 Å². The van der Waals surface area contributed by atoms with Gasteiger partial charge in [0, 0.05) is 24.7 Å². The molecule has 1 aliphatic heterocycles. The van der Waals surface area contributed by atoms with Crippen LogP contribution in [0.15, 0.2) is 0 Å². The van der Waals surface area contributed by atoms with Gasteiger partial charge in [0.05, 0.1) is 6.54 Å². The lowest BCUT2D eigenvalue weighted by atomic mass is 9.77. The number of nitrogens with zero attached hydrogens (tertiary/aromatic N) is 1. The lowest BCUT2D eigenvalue weighted by Crippen LogP contribution is -2.67. The molecule has 0 bridgehead atoms. The summed E-state index contributed by atoms with van der Waals surface area (Å²) in [4.78, 5) is 1.73. The zero-order chi connectivity index (χ0) is 14.1. The minimum absolute atomic E-state index is 0.176. The first-order chi connectivity index (χ1) is 8.82. The Labute approximate surface area is 113 Å². The fourth-order valence-corrected chi connectivity index (χ4v) is 3.53. The molecule has 5 heteroatoms. The van der Waals surface area contributed by atoms with E-state index in [1.807, 2.05) is 0 Å². The van der Waals surface area contributed by atoms with Gasteiger partial charge < -0.3 is 5.32 Å². The first kappa shape index (κ1) is 15.1. The van der Waals surface area contributed by atoms with E-state index >= 15 is 0 Å². The van der Waals surface area contributed by atoms with Crippen LogP contribution in [-0.2, 0) is 0 Å². The fourth-order valence-electron chi connectivity index (χ4n) is 3.53. The van der Waals surface area contributed by atoms with Gasteiger partial charge in [-0.15, -0.1) is 0 Å². The van der Waals surface area contributed by atoms with Gasteiger partial charge in [0.2, 0.25) is 0 Å². The summed E-state index contributed by atoms with van der Waals surface area (Å²) in [6, 6.07) is 0.176. The number of halogens is 3. The van der Waals surface area contributed by atoms with Gasteiger partial charge in [0.1, 0.15) is 0 Å². The number of nitrogens with one attached hydrogen (secondary N) is 1. The van der Waals surface area contributed by atoms with Crippen LogP contribution in [0.1, 0.15) is 46.0 Å². The molecule has 2 aliphatic rings. The molecule has 0 amide bonds. The fraction of sp³-hybridized carbons (Fsp3) is 1.00. The second-order valence-corrected chi connectivity index (χ2v) is 6.51. The third-order valence-corrected chi connectivity index (χ3v) is 4.74. The molecule has 112 valence electrons. The predicted octanol–water partition coefficient (Wildman–Crippen LogP) is 3.18. The largest absolute Gasteiger partial charge is 0.401 e. The van der Waals surface area contributed by atoms with Gasteiger partial charge in [-0.3, -0.25) is 4.90 Å². The molecule has 0 aromatic carbocycles. The second-order valence-electron chi connectivity index (χ2n) is 6.51. The second kappa shape index (κ2) is 5.60. The molecule has 2 rings (SSSR count). The van der Waals surface area contributed by atoms with E-state index in [0.29, 0.717) is 19.0 Å². The van der Waals surface area contributed by atoms with Gasteiger partial charge >= 0.3 is 6.18 Å². The Bertz CT molecular complexity index is 296. The lowest BCUT2D eigenvalue weighted by Gasteiger charge is -2.53. The Kier molecular flexibility index (Phi) is 4.45. The standard InChI is InChI=1S/C14H25F3N2/c1-11(2)12-8-19(10-14(15,16)17)13(9-18-12)6-4-3-5-7-13/h11-12,18H,3-10H2,1-2H3. The first-order valence-corrected chi connectivity index (χ1v) is 7.38. The molecule has 0 aromatic rings. The van der Waals surface area contributed by atoms with Crippen molar-refractivity contribution in [1.82, 2.24) is 10.2 Å². The zero-order valence-corrected chi connectivity index (χ0v) is 11.9. The SMILES string of the molecule is CC(C)C1CN(CC(F)(F)F)C2(CCCCC2)CN1. The van der Waals surface area contributed by atoms with Crippen LogP contribution in [0.2, 0.25) is 0 Å².